The van der Waals surface area contributed by atoms with Crippen LogP contribution < -0.4 is 0 Å². The number of esters is 1. The van der Waals surface area contributed by atoms with Crippen LogP contribution >= 0.6 is 0 Å². The van der Waals surface area contributed by atoms with E-state index >= 15 is 0 Å². The first-order valence-corrected chi connectivity index (χ1v) is 6.71. The second-order valence-electron chi connectivity index (χ2n) is 4.99. The van der Waals surface area contributed by atoms with Crippen molar-refractivity contribution >= 4 is 11.8 Å². The Bertz CT molecular complexity index is 678. The Morgan fingerprint density at radius 1 is 1.10 bits per heavy atom. The Morgan fingerprint density at radius 3 is 2.24 bits per heavy atom. The van der Waals surface area contributed by atoms with Gasteiger partial charge in [-0.05, 0) is 26.3 Å². The van der Waals surface area contributed by atoms with Gasteiger partial charge in [-0.2, -0.15) is 0 Å². The fourth-order valence-corrected chi connectivity index (χ4v) is 2.37. The van der Waals surface area contributed by atoms with Crippen molar-refractivity contribution in [3.05, 3.63) is 58.0 Å². The van der Waals surface area contributed by atoms with Crippen molar-refractivity contribution in [2.75, 3.05) is 7.11 Å². The minimum atomic E-state index is -0.389. The molecule has 0 bridgehead atoms. The van der Waals surface area contributed by atoms with Crippen molar-refractivity contribution in [1.29, 1.82) is 0 Å². The lowest BCUT2D eigenvalue weighted by Crippen LogP contribution is -2.06. The van der Waals surface area contributed by atoms with Crippen LogP contribution in [-0.2, 0) is 11.2 Å². The number of rotatable bonds is 4. The molecule has 2 aromatic rings. The van der Waals surface area contributed by atoms with E-state index in [0.29, 0.717) is 29.1 Å². The summed E-state index contributed by atoms with van der Waals surface area (Å²) in [7, 11) is 1.36. The molecule has 2 rings (SSSR count). The lowest BCUT2D eigenvalue weighted by atomic mass is 9.99. The van der Waals surface area contributed by atoms with E-state index in [2.05, 4.69) is 0 Å². The molecular weight excluding hydrogens is 268 g/mol. The number of ether oxygens (including phenoxy) is 1. The van der Waals surface area contributed by atoms with Gasteiger partial charge in [-0.3, -0.25) is 4.79 Å². The van der Waals surface area contributed by atoms with E-state index in [0.717, 1.165) is 11.1 Å². The number of furan rings is 1. The number of methoxy groups -OCH3 is 1. The number of aryl methyl sites for hydroxylation is 2. The second kappa shape index (κ2) is 5.95. The molecule has 4 nitrogen and oxygen atoms in total. The van der Waals surface area contributed by atoms with Gasteiger partial charge in [0.25, 0.3) is 0 Å². The number of ketones is 1. The van der Waals surface area contributed by atoms with Crippen LogP contribution in [0.4, 0.5) is 0 Å². The summed E-state index contributed by atoms with van der Waals surface area (Å²) in [4.78, 5) is 23.2. The number of Topliss-reactive ketones (excluding diaryl/α,β-unsaturated/α-hetero) is 1. The van der Waals surface area contributed by atoms with Crippen molar-refractivity contribution in [2.24, 2.45) is 0 Å². The van der Waals surface area contributed by atoms with Crippen molar-refractivity contribution in [3.8, 4) is 0 Å². The molecule has 0 aliphatic heterocycles. The summed E-state index contributed by atoms with van der Waals surface area (Å²) in [5.41, 5.74) is 3.00. The maximum Gasteiger partial charge on any atom is 0.341 e. The molecule has 0 amide bonds. The Hall–Kier alpha value is -2.36. The predicted molar refractivity (Wildman–Crippen MR) is 78.8 cm³/mol. The fourth-order valence-electron chi connectivity index (χ4n) is 2.37. The van der Waals surface area contributed by atoms with E-state index in [1.165, 1.54) is 14.0 Å². The lowest BCUT2D eigenvalue weighted by molar-refractivity contribution is 0.0597. The van der Waals surface area contributed by atoms with Crippen LogP contribution in [0, 0.1) is 13.8 Å². The second-order valence-corrected chi connectivity index (χ2v) is 4.99. The fraction of sp³-hybridized carbons (Fsp3) is 0.294. The molecule has 0 N–H and O–H groups in total. The molecule has 0 radical (unpaired) electrons. The first-order valence-electron chi connectivity index (χ1n) is 6.71. The highest BCUT2D eigenvalue weighted by molar-refractivity contribution is 5.94. The maximum absolute atomic E-state index is 11.9. The third-order valence-electron chi connectivity index (χ3n) is 3.52. The number of carbonyl (C=O) groups is 2. The van der Waals surface area contributed by atoms with E-state index < -0.39 is 0 Å². The first-order chi connectivity index (χ1) is 9.93. The average molecular weight is 286 g/mol. The highest BCUT2D eigenvalue weighted by Crippen LogP contribution is 2.25. The molecule has 110 valence electrons. The first kappa shape index (κ1) is 15.0. The van der Waals surface area contributed by atoms with Crippen LogP contribution in [0.15, 0.2) is 28.7 Å². The zero-order valence-corrected chi connectivity index (χ0v) is 12.6. The number of hydrogen-bond acceptors (Lipinski definition) is 4. The predicted octanol–water partition coefficient (Wildman–Crippen LogP) is 3.48. The third kappa shape index (κ3) is 3.05. The van der Waals surface area contributed by atoms with Gasteiger partial charge in [-0.1, -0.05) is 24.3 Å². The summed E-state index contributed by atoms with van der Waals surface area (Å²) in [6.45, 7) is 5.12. The van der Waals surface area contributed by atoms with Gasteiger partial charge < -0.3 is 9.15 Å². The van der Waals surface area contributed by atoms with E-state index in [1.807, 2.05) is 19.1 Å². The molecule has 21 heavy (non-hydrogen) atoms. The molecule has 0 atom stereocenters. The van der Waals surface area contributed by atoms with Gasteiger partial charge in [-0.15, -0.1) is 0 Å². The standard InChI is InChI=1S/C17H18O4/c1-10(18)14-7-5-13(6-8-14)9-15-11(2)21-12(3)16(15)17(19)20-4/h5-8H,9H2,1-4H3. The topological polar surface area (TPSA) is 56.5 Å². The van der Waals surface area contributed by atoms with E-state index in [4.69, 9.17) is 9.15 Å². The van der Waals surface area contributed by atoms with Gasteiger partial charge in [0.05, 0.1) is 7.11 Å². The Morgan fingerprint density at radius 2 is 1.71 bits per heavy atom. The van der Waals surface area contributed by atoms with Crippen LogP contribution in [0.25, 0.3) is 0 Å². The molecule has 0 fully saturated rings. The van der Waals surface area contributed by atoms with Crippen LogP contribution in [-0.4, -0.2) is 18.9 Å². The number of benzene rings is 1. The van der Waals surface area contributed by atoms with Crippen LogP contribution in [0.5, 0.6) is 0 Å². The molecule has 0 unspecified atom stereocenters. The SMILES string of the molecule is COC(=O)c1c(C)oc(C)c1Cc1ccc(C(C)=O)cc1. The van der Waals surface area contributed by atoms with Crippen molar-refractivity contribution in [1.82, 2.24) is 0 Å². The van der Waals surface area contributed by atoms with Gasteiger partial charge >= 0.3 is 5.97 Å². The number of carbonyl (C=O) groups excluding carboxylic acids is 2. The molecule has 0 aliphatic carbocycles. The summed E-state index contributed by atoms with van der Waals surface area (Å²) < 4.78 is 10.4. The summed E-state index contributed by atoms with van der Waals surface area (Å²) in [6.07, 6.45) is 0.561. The zero-order chi connectivity index (χ0) is 15.6. The highest BCUT2D eigenvalue weighted by atomic mass is 16.5. The monoisotopic (exact) mass is 286 g/mol. The number of hydrogen-bond donors (Lipinski definition) is 0. The van der Waals surface area contributed by atoms with E-state index in [-0.39, 0.29) is 11.8 Å². The zero-order valence-electron chi connectivity index (χ0n) is 12.6. The summed E-state index contributed by atoms with van der Waals surface area (Å²) in [6, 6.07) is 7.36. The smallest absolute Gasteiger partial charge is 0.341 e. The van der Waals surface area contributed by atoms with Crippen molar-refractivity contribution in [3.63, 3.8) is 0 Å². The molecule has 0 saturated heterocycles. The van der Waals surface area contributed by atoms with Gasteiger partial charge in [-0.25, -0.2) is 4.79 Å². The summed E-state index contributed by atoms with van der Waals surface area (Å²) in [5.74, 6) is 0.921. The molecule has 0 saturated carbocycles. The molecule has 0 spiro atoms. The van der Waals surface area contributed by atoms with Crippen molar-refractivity contribution < 1.29 is 18.7 Å². The van der Waals surface area contributed by atoms with Crippen LogP contribution in [0.3, 0.4) is 0 Å². The quantitative estimate of drug-likeness (QED) is 0.638. The van der Waals surface area contributed by atoms with Gasteiger partial charge in [0.1, 0.15) is 17.1 Å². The molecule has 1 heterocycles. The molecule has 1 aromatic carbocycles. The van der Waals surface area contributed by atoms with Crippen LogP contribution in [0.1, 0.15) is 50.3 Å². The summed E-state index contributed by atoms with van der Waals surface area (Å²) >= 11 is 0. The normalized spacial score (nSPS) is 10.5. The largest absolute Gasteiger partial charge is 0.465 e. The maximum atomic E-state index is 11.9. The minimum Gasteiger partial charge on any atom is -0.465 e. The molecule has 4 heteroatoms. The lowest BCUT2D eigenvalue weighted by Gasteiger charge is -2.05. The molecule has 1 aromatic heterocycles. The van der Waals surface area contributed by atoms with Crippen molar-refractivity contribution in [2.45, 2.75) is 27.2 Å². The molecular formula is C17H18O4. The van der Waals surface area contributed by atoms with Crippen LogP contribution in [0.2, 0.25) is 0 Å². The third-order valence-corrected chi connectivity index (χ3v) is 3.52. The molecule has 0 aliphatic rings. The van der Waals surface area contributed by atoms with E-state index in [1.54, 1.807) is 19.1 Å². The van der Waals surface area contributed by atoms with Gasteiger partial charge in [0.15, 0.2) is 5.78 Å². The Labute approximate surface area is 123 Å². The van der Waals surface area contributed by atoms with Gasteiger partial charge in [0, 0.05) is 17.5 Å². The van der Waals surface area contributed by atoms with Gasteiger partial charge in [0.2, 0.25) is 0 Å². The summed E-state index contributed by atoms with van der Waals surface area (Å²) in [5, 5.41) is 0. The highest BCUT2D eigenvalue weighted by Gasteiger charge is 2.22. The Balaban J connectivity index is 2.35. The average Bonchev–Trinajstić information content (AvgIpc) is 2.73. The Kier molecular flexibility index (Phi) is 4.26. The van der Waals surface area contributed by atoms with E-state index in [9.17, 15) is 9.59 Å². The minimum absolute atomic E-state index is 0.0344.